The molecule has 2 N–H and O–H groups in total. The average molecular weight is 192 g/mol. The van der Waals surface area contributed by atoms with E-state index in [2.05, 4.69) is 15.5 Å². The van der Waals surface area contributed by atoms with Gasteiger partial charge in [-0.15, -0.1) is 0 Å². The number of aromatic nitrogens is 2. The SMILES string of the molecule is Cc1[nH]ncc1C(=O)NC(C)(C)C#N. The van der Waals surface area contributed by atoms with E-state index in [1.807, 2.05) is 6.07 Å². The second-order valence-electron chi connectivity index (χ2n) is 3.60. The first kappa shape index (κ1) is 10.3. The molecule has 0 aliphatic rings. The lowest BCUT2D eigenvalue weighted by atomic mass is 10.1. The number of amides is 1. The van der Waals surface area contributed by atoms with Gasteiger partial charge in [-0.3, -0.25) is 9.89 Å². The van der Waals surface area contributed by atoms with Crippen LogP contribution < -0.4 is 5.32 Å². The molecule has 0 bridgehead atoms. The Morgan fingerprint density at radius 1 is 1.71 bits per heavy atom. The van der Waals surface area contributed by atoms with Crippen LogP contribution in [0.15, 0.2) is 6.20 Å². The molecule has 0 spiro atoms. The van der Waals surface area contributed by atoms with Crippen molar-refractivity contribution < 1.29 is 4.79 Å². The zero-order valence-corrected chi connectivity index (χ0v) is 8.38. The number of nitrogens with zero attached hydrogens (tertiary/aromatic N) is 2. The number of nitrogens with one attached hydrogen (secondary N) is 2. The standard InChI is InChI=1S/C9H12N4O/c1-6-7(4-11-13-6)8(14)12-9(2,3)5-10/h4H,1-3H3,(H,11,13)(H,12,14). The summed E-state index contributed by atoms with van der Waals surface area (Å²) in [6.45, 7) is 5.03. The highest BCUT2D eigenvalue weighted by Gasteiger charge is 2.21. The molecule has 0 unspecified atom stereocenters. The molecule has 1 rings (SSSR count). The van der Waals surface area contributed by atoms with Crippen LogP contribution in [-0.4, -0.2) is 21.6 Å². The van der Waals surface area contributed by atoms with Crippen LogP contribution in [0.2, 0.25) is 0 Å². The van der Waals surface area contributed by atoms with Gasteiger partial charge in [0, 0.05) is 5.69 Å². The molecule has 0 radical (unpaired) electrons. The van der Waals surface area contributed by atoms with Crippen LogP contribution in [0.3, 0.4) is 0 Å². The Morgan fingerprint density at radius 2 is 2.36 bits per heavy atom. The van der Waals surface area contributed by atoms with Crippen LogP contribution in [0.1, 0.15) is 29.9 Å². The first-order valence-electron chi connectivity index (χ1n) is 4.20. The molecule has 0 aliphatic carbocycles. The highest BCUT2D eigenvalue weighted by Crippen LogP contribution is 2.06. The number of carbonyl (C=O) groups is 1. The zero-order valence-electron chi connectivity index (χ0n) is 8.38. The van der Waals surface area contributed by atoms with E-state index in [1.165, 1.54) is 6.20 Å². The van der Waals surface area contributed by atoms with Crippen LogP contribution in [0.5, 0.6) is 0 Å². The Hall–Kier alpha value is -1.83. The molecule has 0 saturated carbocycles. The predicted molar refractivity (Wildman–Crippen MR) is 50.5 cm³/mol. The molecular weight excluding hydrogens is 180 g/mol. The lowest BCUT2D eigenvalue weighted by Crippen LogP contribution is -2.42. The first-order chi connectivity index (χ1) is 6.46. The van der Waals surface area contributed by atoms with Crippen LogP contribution in [0.25, 0.3) is 0 Å². The number of H-pyrrole nitrogens is 1. The number of rotatable bonds is 2. The fourth-order valence-corrected chi connectivity index (χ4v) is 0.959. The molecular formula is C9H12N4O. The van der Waals surface area contributed by atoms with E-state index in [9.17, 15) is 4.79 Å². The molecule has 0 aliphatic heterocycles. The third-order valence-corrected chi connectivity index (χ3v) is 1.78. The Balaban J connectivity index is 2.80. The second-order valence-corrected chi connectivity index (χ2v) is 3.60. The van der Waals surface area contributed by atoms with Crippen molar-refractivity contribution in [3.8, 4) is 6.07 Å². The normalized spacial score (nSPS) is 10.7. The van der Waals surface area contributed by atoms with Crippen molar-refractivity contribution in [2.45, 2.75) is 26.3 Å². The van der Waals surface area contributed by atoms with Gasteiger partial charge < -0.3 is 5.32 Å². The molecule has 5 heteroatoms. The summed E-state index contributed by atoms with van der Waals surface area (Å²) in [5, 5.41) is 17.7. The van der Waals surface area contributed by atoms with Crippen molar-refractivity contribution in [1.29, 1.82) is 5.26 Å². The van der Waals surface area contributed by atoms with E-state index in [0.717, 1.165) is 0 Å². The first-order valence-corrected chi connectivity index (χ1v) is 4.20. The summed E-state index contributed by atoms with van der Waals surface area (Å²) in [4.78, 5) is 11.6. The van der Waals surface area contributed by atoms with E-state index in [4.69, 9.17) is 5.26 Å². The van der Waals surface area contributed by atoms with E-state index in [1.54, 1.807) is 20.8 Å². The minimum absolute atomic E-state index is 0.289. The number of aromatic amines is 1. The van der Waals surface area contributed by atoms with Gasteiger partial charge in [-0.25, -0.2) is 0 Å². The summed E-state index contributed by atoms with van der Waals surface area (Å²) >= 11 is 0. The predicted octanol–water partition coefficient (Wildman–Crippen LogP) is 0.750. The van der Waals surface area contributed by atoms with Crippen molar-refractivity contribution in [2.24, 2.45) is 0 Å². The minimum Gasteiger partial charge on any atom is -0.334 e. The van der Waals surface area contributed by atoms with Gasteiger partial charge >= 0.3 is 0 Å². The maximum absolute atomic E-state index is 11.6. The molecule has 1 heterocycles. The summed E-state index contributed by atoms with van der Waals surface area (Å²) in [6, 6.07) is 1.99. The summed E-state index contributed by atoms with van der Waals surface area (Å²) in [5.74, 6) is -0.289. The number of carbonyl (C=O) groups excluding carboxylic acids is 1. The Morgan fingerprint density at radius 3 is 2.79 bits per heavy atom. The van der Waals surface area contributed by atoms with Gasteiger partial charge in [0.1, 0.15) is 5.54 Å². The molecule has 0 aromatic carbocycles. The molecule has 14 heavy (non-hydrogen) atoms. The average Bonchev–Trinajstić information content (AvgIpc) is 2.51. The zero-order chi connectivity index (χ0) is 10.8. The Labute approximate surface area is 82.1 Å². The fraction of sp³-hybridized carbons (Fsp3) is 0.444. The van der Waals surface area contributed by atoms with Gasteiger partial charge in [0.05, 0.1) is 17.8 Å². The summed E-state index contributed by atoms with van der Waals surface area (Å²) < 4.78 is 0. The molecule has 0 atom stereocenters. The van der Waals surface area contributed by atoms with Gasteiger partial charge in [-0.2, -0.15) is 10.4 Å². The van der Waals surface area contributed by atoms with Gasteiger partial charge in [0.25, 0.3) is 5.91 Å². The van der Waals surface area contributed by atoms with E-state index < -0.39 is 5.54 Å². The number of hydrogen-bond acceptors (Lipinski definition) is 3. The maximum Gasteiger partial charge on any atom is 0.255 e. The quantitative estimate of drug-likeness (QED) is 0.725. The van der Waals surface area contributed by atoms with Crippen LogP contribution >= 0.6 is 0 Å². The topological polar surface area (TPSA) is 81.6 Å². The Bertz CT molecular complexity index is 386. The lowest BCUT2D eigenvalue weighted by Gasteiger charge is -2.16. The van der Waals surface area contributed by atoms with Gasteiger partial charge in [0.15, 0.2) is 0 Å². The monoisotopic (exact) mass is 192 g/mol. The third-order valence-electron chi connectivity index (χ3n) is 1.78. The molecule has 0 saturated heterocycles. The molecule has 1 aromatic heterocycles. The van der Waals surface area contributed by atoms with Gasteiger partial charge in [-0.1, -0.05) is 0 Å². The Kier molecular flexibility index (Phi) is 2.56. The molecule has 0 fully saturated rings. The fourth-order valence-electron chi connectivity index (χ4n) is 0.959. The maximum atomic E-state index is 11.6. The highest BCUT2D eigenvalue weighted by molar-refractivity contribution is 5.95. The van der Waals surface area contributed by atoms with Crippen molar-refractivity contribution in [2.75, 3.05) is 0 Å². The number of hydrogen-bond donors (Lipinski definition) is 2. The summed E-state index contributed by atoms with van der Waals surface area (Å²) in [5.41, 5.74) is 0.297. The van der Waals surface area contributed by atoms with E-state index in [-0.39, 0.29) is 5.91 Å². The third kappa shape index (κ3) is 2.10. The smallest absolute Gasteiger partial charge is 0.255 e. The van der Waals surface area contributed by atoms with Gasteiger partial charge in [-0.05, 0) is 20.8 Å². The van der Waals surface area contributed by atoms with Crippen LogP contribution in [0.4, 0.5) is 0 Å². The van der Waals surface area contributed by atoms with Crippen molar-refractivity contribution in [3.63, 3.8) is 0 Å². The highest BCUT2D eigenvalue weighted by atomic mass is 16.1. The second kappa shape index (κ2) is 3.50. The molecule has 1 amide bonds. The summed E-state index contributed by atoms with van der Waals surface area (Å²) in [7, 11) is 0. The minimum atomic E-state index is -0.860. The number of aryl methyl sites for hydroxylation is 1. The lowest BCUT2D eigenvalue weighted by molar-refractivity contribution is 0.0928. The van der Waals surface area contributed by atoms with Crippen LogP contribution in [-0.2, 0) is 0 Å². The summed E-state index contributed by atoms with van der Waals surface area (Å²) in [6.07, 6.45) is 1.44. The van der Waals surface area contributed by atoms with E-state index >= 15 is 0 Å². The molecule has 74 valence electrons. The largest absolute Gasteiger partial charge is 0.334 e. The van der Waals surface area contributed by atoms with Crippen molar-refractivity contribution in [3.05, 3.63) is 17.5 Å². The number of nitriles is 1. The molecule has 1 aromatic rings. The van der Waals surface area contributed by atoms with Gasteiger partial charge in [0.2, 0.25) is 0 Å². The molecule has 5 nitrogen and oxygen atoms in total. The van der Waals surface area contributed by atoms with E-state index in [0.29, 0.717) is 11.3 Å². The van der Waals surface area contributed by atoms with Crippen LogP contribution in [0, 0.1) is 18.3 Å². The van der Waals surface area contributed by atoms with Crippen molar-refractivity contribution in [1.82, 2.24) is 15.5 Å². The van der Waals surface area contributed by atoms with Crippen molar-refractivity contribution >= 4 is 5.91 Å².